The van der Waals surface area contributed by atoms with Crippen LogP contribution < -0.4 is 15.2 Å². The molecule has 0 fully saturated rings. The lowest BCUT2D eigenvalue weighted by atomic mass is 10.3. The molecule has 0 saturated heterocycles. The summed E-state index contributed by atoms with van der Waals surface area (Å²) in [6.45, 7) is 2.23. The van der Waals surface area contributed by atoms with Gasteiger partial charge in [-0.25, -0.2) is 0 Å². The Hall–Kier alpha value is -1.07. The normalized spacial score (nSPS) is 12.2. The van der Waals surface area contributed by atoms with Crippen LogP contribution in [0, 0.1) is 0 Å². The van der Waals surface area contributed by atoms with E-state index in [1.165, 1.54) is 0 Å². The number of aliphatic hydroxyl groups is 1. The Balaban J connectivity index is 2.92. The van der Waals surface area contributed by atoms with Gasteiger partial charge in [-0.3, -0.25) is 0 Å². The van der Waals surface area contributed by atoms with Crippen molar-refractivity contribution in [2.45, 2.75) is 23.5 Å². The summed E-state index contributed by atoms with van der Waals surface area (Å²) >= 11 is 1.62. The largest absolute Gasteiger partial charge is 0.493 e. The number of aliphatic hydroxyl groups excluding tert-OH is 1. The zero-order valence-corrected chi connectivity index (χ0v) is 11.2. The second-order valence-electron chi connectivity index (χ2n) is 3.69. The third-order valence-electron chi connectivity index (χ3n) is 2.38. The van der Waals surface area contributed by atoms with Crippen molar-refractivity contribution in [3.8, 4) is 11.5 Å². The lowest BCUT2D eigenvalue weighted by Crippen LogP contribution is -2.01. The third kappa shape index (κ3) is 3.71. The summed E-state index contributed by atoms with van der Waals surface area (Å²) in [5.74, 6) is 1.30. The molecule has 96 valence electrons. The van der Waals surface area contributed by atoms with Gasteiger partial charge in [0.25, 0.3) is 0 Å². The molecule has 3 N–H and O–H groups in total. The molecule has 17 heavy (non-hydrogen) atoms. The minimum Gasteiger partial charge on any atom is -0.493 e. The average molecular weight is 257 g/mol. The Morgan fingerprint density at radius 2 is 1.88 bits per heavy atom. The lowest BCUT2D eigenvalue weighted by molar-refractivity contribution is 0.289. The van der Waals surface area contributed by atoms with Crippen LogP contribution in [0.15, 0.2) is 17.0 Å². The number of benzene rings is 1. The summed E-state index contributed by atoms with van der Waals surface area (Å²) in [7, 11) is 3.18. The Labute approximate surface area is 106 Å². The topological polar surface area (TPSA) is 64.7 Å². The predicted molar refractivity (Wildman–Crippen MR) is 71.0 cm³/mol. The van der Waals surface area contributed by atoms with E-state index in [4.69, 9.17) is 20.3 Å². The zero-order chi connectivity index (χ0) is 12.8. The Bertz CT molecular complexity index is 371. The fourth-order valence-corrected chi connectivity index (χ4v) is 2.46. The van der Waals surface area contributed by atoms with Crippen LogP contribution in [0.5, 0.6) is 11.5 Å². The molecular formula is C12H19NO3S. The number of nitrogens with two attached hydrogens (primary N) is 1. The first-order valence-corrected chi connectivity index (χ1v) is 6.29. The molecule has 4 nitrogen and oxygen atoms in total. The number of anilines is 1. The van der Waals surface area contributed by atoms with Gasteiger partial charge in [-0.1, -0.05) is 6.92 Å². The smallest absolute Gasteiger partial charge is 0.162 e. The van der Waals surface area contributed by atoms with Gasteiger partial charge in [0.1, 0.15) is 0 Å². The number of ether oxygens (including phenoxy) is 2. The lowest BCUT2D eigenvalue weighted by Gasteiger charge is -2.15. The molecule has 0 spiro atoms. The van der Waals surface area contributed by atoms with E-state index in [2.05, 4.69) is 6.92 Å². The number of hydrogen-bond donors (Lipinski definition) is 2. The van der Waals surface area contributed by atoms with Crippen LogP contribution in [0.2, 0.25) is 0 Å². The van der Waals surface area contributed by atoms with Crippen molar-refractivity contribution in [3.63, 3.8) is 0 Å². The molecule has 1 aromatic carbocycles. The highest BCUT2D eigenvalue weighted by Crippen LogP contribution is 2.38. The number of methoxy groups -OCH3 is 2. The molecular weight excluding hydrogens is 238 g/mol. The van der Waals surface area contributed by atoms with Crippen molar-refractivity contribution in [1.82, 2.24) is 0 Å². The zero-order valence-electron chi connectivity index (χ0n) is 10.4. The molecule has 1 rings (SSSR count). The molecule has 0 aliphatic heterocycles. The molecule has 0 aliphatic carbocycles. The first kappa shape index (κ1) is 14.0. The summed E-state index contributed by atoms with van der Waals surface area (Å²) in [4.78, 5) is 0.948. The molecule has 0 saturated carbocycles. The van der Waals surface area contributed by atoms with Crippen LogP contribution in [0.25, 0.3) is 0 Å². The molecule has 0 bridgehead atoms. The van der Waals surface area contributed by atoms with Crippen LogP contribution in [0.4, 0.5) is 5.69 Å². The van der Waals surface area contributed by atoms with Gasteiger partial charge in [0.15, 0.2) is 11.5 Å². The molecule has 0 radical (unpaired) electrons. The Morgan fingerprint density at radius 1 is 1.29 bits per heavy atom. The van der Waals surface area contributed by atoms with Gasteiger partial charge >= 0.3 is 0 Å². The summed E-state index contributed by atoms with van der Waals surface area (Å²) in [5, 5.41) is 9.18. The van der Waals surface area contributed by atoms with Crippen molar-refractivity contribution < 1.29 is 14.6 Å². The molecule has 0 heterocycles. The minimum absolute atomic E-state index is 0.182. The van der Waals surface area contributed by atoms with Crippen LogP contribution in [-0.2, 0) is 0 Å². The highest BCUT2D eigenvalue weighted by atomic mass is 32.2. The predicted octanol–water partition coefficient (Wildman–Crippen LogP) is 2.15. The highest BCUT2D eigenvalue weighted by molar-refractivity contribution is 8.00. The van der Waals surface area contributed by atoms with Gasteiger partial charge in [-0.05, 0) is 12.5 Å². The van der Waals surface area contributed by atoms with Gasteiger partial charge < -0.3 is 20.3 Å². The van der Waals surface area contributed by atoms with E-state index in [0.717, 1.165) is 11.3 Å². The van der Waals surface area contributed by atoms with Gasteiger partial charge in [-0.15, -0.1) is 11.8 Å². The summed E-state index contributed by atoms with van der Waals surface area (Å²) in [6.07, 6.45) is 0.735. The van der Waals surface area contributed by atoms with E-state index < -0.39 is 0 Å². The minimum atomic E-state index is 0.182. The summed E-state index contributed by atoms with van der Waals surface area (Å²) in [6, 6.07) is 3.62. The second-order valence-corrected chi connectivity index (χ2v) is 5.17. The van der Waals surface area contributed by atoms with E-state index in [1.807, 2.05) is 6.07 Å². The number of thioether (sulfide) groups is 1. The van der Waals surface area contributed by atoms with E-state index in [1.54, 1.807) is 32.0 Å². The molecule has 1 aromatic rings. The van der Waals surface area contributed by atoms with Gasteiger partial charge in [0, 0.05) is 28.5 Å². The van der Waals surface area contributed by atoms with Crippen molar-refractivity contribution in [2.75, 3.05) is 26.6 Å². The molecule has 0 aliphatic rings. The van der Waals surface area contributed by atoms with Crippen LogP contribution in [0.1, 0.15) is 13.3 Å². The van der Waals surface area contributed by atoms with Gasteiger partial charge in [0.2, 0.25) is 0 Å². The molecule has 5 heteroatoms. The second kappa shape index (κ2) is 6.61. The maximum atomic E-state index is 8.88. The third-order valence-corrected chi connectivity index (χ3v) is 3.63. The number of rotatable bonds is 6. The summed E-state index contributed by atoms with van der Waals surface area (Å²) < 4.78 is 10.4. The maximum absolute atomic E-state index is 8.88. The van der Waals surface area contributed by atoms with Crippen LogP contribution in [0.3, 0.4) is 0 Å². The molecule has 0 amide bonds. The van der Waals surface area contributed by atoms with Crippen molar-refractivity contribution >= 4 is 17.4 Å². The van der Waals surface area contributed by atoms with Gasteiger partial charge in [-0.2, -0.15) is 0 Å². The van der Waals surface area contributed by atoms with Crippen molar-refractivity contribution in [1.29, 1.82) is 0 Å². The van der Waals surface area contributed by atoms with Gasteiger partial charge in [0.05, 0.1) is 14.2 Å². The first-order valence-electron chi connectivity index (χ1n) is 5.41. The SMILES string of the molecule is COc1cc(N)c(SC(C)CCO)cc1OC. The maximum Gasteiger partial charge on any atom is 0.162 e. The van der Waals surface area contributed by atoms with Crippen LogP contribution in [-0.4, -0.2) is 31.2 Å². The van der Waals surface area contributed by atoms with E-state index in [0.29, 0.717) is 22.4 Å². The monoisotopic (exact) mass is 257 g/mol. The summed E-state index contributed by atoms with van der Waals surface area (Å²) in [5.41, 5.74) is 6.61. The van der Waals surface area contributed by atoms with E-state index >= 15 is 0 Å². The van der Waals surface area contributed by atoms with Crippen molar-refractivity contribution in [3.05, 3.63) is 12.1 Å². The van der Waals surface area contributed by atoms with E-state index in [-0.39, 0.29) is 6.61 Å². The average Bonchev–Trinajstić information content (AvgIpc) is 2.31. The molecule has 1 unspecified atom stereocenters. The van der Waals surface area contributed by atoms with Crippen LogP contribution >= 0.6 is 11.8 Å². The number of hydrogen-bond acceptors (Lipinski definition) is 5. The molecule has 0 aromatic heterocycles. The molecule has 1 atom stereocenters. The first-order chi connectivity index (χ1) is 8.12. The van der Waals surface area contributed by atoms with Crippen molar-refractivity contribution in [2.24, 2.45) is 0 Å². The quantitative estimate of drug-likeness (QED) is 0.604. The fraction of sp³-hybridized carbons (Fsp3) is 0.500. The Morgan fingerprint density at radius 3 is 2.41 bits per heavy atom. The standard InChI is InChI=1S/C12H19NO3S/c1-8(4-5-14)17-12-7-11(16-3)10(15-2)6-9(12)13/h6-8,14H,4-5,13H2,1-3H3. The van der Waals surface area contributed by atoms with E-state index in [9.17, 15) is 0 Å². The number of nitrogen functional groups attached to an aromatic ring is 1. The fourth-order valence-electron chi connectivity index (χ4n) is 1.44. The highest BCUT2D eigenvalue weighted by Gasteiger charge is 2.12. The Kier molecular flexibility index (Phi) is 5.44.